The fourth-order valence-corrected chi connectivity index (χ4v) is 3.86. The Balaban J connectivity index is 1.37. The van der Waals surface area contributed by atoms with Gasteiger partial charge in [-0.05, 0) is 42.8 Å². The Morgan fingerprint density at radius 1 is 0.871 bits per heavy atom. The van der Waals surface area contributed by atoms with Gasteiger partial charge in [0.1, 0.15) is 5.69 Å². The van der Waals surface area contributed by atoms with Gasteiger partial charge in [0.15, 0.2) is 0 Å². The zero-order valence-electron chi connectivity index (χ0n) is 18.7. The van der Waals surface area contributed by atoms with Gasteiger partial charge in [-0.3, -0.25) is 9.78 Å². The molecule has 2 aromatic rings. The topological polar surface area (TPSA) is 61.2 Å². The molecular weight excluding hydrogens is 386 g/mol. The van der Waals surface area contributed by atoms with Crippen molar-refractivity contribution in [1.82, 2.24) is 9.88 Å². The van der Waals surface area contributed by atoms with Gasteiger partial charge in [0, 0.05) is 44.5 Å². The number of amides is 1. The molecule has 6 nitrogen and oxygen atoms in total. The minimum Gasteiger partial charge on any atom is -0.368 e. The Labute approximate surface area is 186 Å². The molecule has 166 valence electrons. The standard InChI is InChI=1S/C25H35N5O/c1-2-3-4-5-6-7-8-11-25(31)30-19-17-29(18-20-30)24-14-12-22(13-15-24)27-28-23-10-9-16-26-21-23/h9-10,12-16,21H,2-8,11,17-20H2,1H3. The highest BCUT2D eigenvalue weighted by atomic mass is 16.2. The number of carbonyl (C=O) groups is 1. The van der Waals surface area contributed by atoms with Crippen LogP contribution in [0.1, 0.15) is 58.3 Å². The van der Waals surface area contributed by atoms with Crippen LogP contribution in [-0.4, -0.2) is 42.0 Å². The maximum atomic E-state index is 12.5. The second kappa shape index (κ2) is 12.8. The van der Waals surface area contributed by atoms with Gasteiger partial charge in [-0.25, -0.2) is 0 Å². The number of aromatic nitrogens is 1. The number of piperazine rings is 1. The molecule has 3 rings (SSSR count). The molecule has 1 aromatic heterocycles. The van der Waals surface area contributed by atoms with E-state index in [0.29, 0.717) is 12.3 Å². The first-order chi connectivity index (χ1) is 15.3. The molecule has 0 N–H and O–H groups in total. The van der Waals surface area contributed by atoms with E-state index in [1.165, 1.54) is 44.2 Å². The molecule has 2 heterocycles. The van der Waals surface area contributed by atoms with Gasteiger partial charge in [0.25, 0.3) is 0 Å². The van der Waals surface area contributed by atoms with E-state index in [1.54, 1.807) is 12.4 Å². The molecule has 1 aromatic carbocycles. The second-order valence-electron chi connectivity index (χ2n) is 8.17. The number of unbranched alkanes of at least 4 members (excludes halogenated alkanes) is 6. The maximum Gasteiger partial charge on any atom is 0.222 e. The smallest absolute Gasteiger partial charge is 0.222 e. The summed E-state index contributed by atoms with van der Waals surface area (Å²) < 4.78 is 0. The van der Waals surface area contributed by atoms with E-state index in [-0.39, 0.29) is 0 Å². The van der Waals surface area contributed by atoms with E-state index in [2.05, 4.69) is 39.2 Å². The van der Waals surface area contributed by atoms with Crippen LogP contribution in [0.4, 0.5) is 17.1 Å². The lowest BCUT2D eigenvalue weighted by Crippen LogP contribution is -2.48. The van der Waals surface area contributed by atoms with Gasteiger partial charge in [0.2, 0.25) is 5.91 Å². The summed E-state index contributed by atoms with van der Waals surface area (Å²) in [6.45, 7) is 5.60. The summed E-state index contributed by atoms with van der Waals surface area (Å²) in [5, 5.41) is 8.47. The summed E-state index contributed by atoms with van der Waals surface area (Å²) >= 11 is 0. The van der Waals surface area contributed by atoms with E-state index in [1.807, 2.05) is 29.2 Å². The fraction of sp³-hybridized carbons (Fsp3) is 0.520. The number of nitrogens with zero attached hydrogens (tertiary/aromatic N) is 5. The predicted octanol–water partition coefficient (Wildman–Crippen LogP) is 6.29. The SMILES string of the molecule is CCCCCCCCCC(=O)N1CCN(c2ccc(N=Nc3cccnc3)cc2)CC1. The molecule has 1 saturated heterocycles. The number of azo groups is 1. The lowest BCUT2D eigenvalue weighted by atomic mass is 10.1. The second-order valence-corrected chi connectivity index (χ2v) is 8.17. The first kappa shape index (κ1) is 22.9. The Morgan fingerprint density at radius 3 is 2.23 bits per heavy atom. The van der Waals surface area contributed by atoms with Crippen molar-refractivity contribution in [2.24, 2.45) is 10.2 Å². The number of carbonyl (C=O) groups excluding carboxylic acids is 1. The largest absolute Gasteiger partial charge is 0.368 e. The number of rotatable bonds is 11. The first-order valence-electron chi connectivity index (χ1n) is 11.7. The Hall–Kier alpha value is -2.76. The molecule has 0 aliphatic carbocycles. The molecule has 0 atom stereocenters. The molecule has 1 amide bonds. The average molecular weight is 422 g/mol. The van der Waals surface area contributed by atoms with Gasteiger partial charge >= 0.3 is 0 Å². The predicted molar refractivity (Wildman–Crippen MR) is 126 cm³/mol. The van der Waals surface area contributed by atoms with Gasteiger partial charge in [-0.15, -0.1) is 5.11 Å². The van der Waals surface area contributed by atoms with Crippen molar-refractivity contribution in [3.05, 3.63) is 48.8 Å². The number of hydrogen-bond acceptors (Lipinski definition) is 5. The molecule has 1 aliphatic rings. The van der Waals surface area contributed by atoms with Gasteiger partial charge < -0.3 is 9.80 Å². The number of hydrogen-bond donors (Lipinski definition) is 0. The maximum absolute atomic E-state index is 12.5. The van der Waals surface area contributed by atoms with E-state index in [4.69, 9.17) is 0 Å². The minimum absolute atomic E-state index is 0.319. The number of benzene rings is 1. The van der Waals surface area contributed by atoms with Crippen LogP contribution in [0.15, 0.2) is 59.0 Å². The van der Waals surface area contributed by atoms with Gasteiger partial charge in [-0.1, -0.05) is 45.4 Å². The Bertz CT molecular complexity index is 798. The molecule has 1 aliphatic heterocycles. The normalized spacial score (nSPS) is 14.4. The fourth-order valence-electron chi connectivity index (χ4n) is 3.86. The van der Waals surface area contributed by atoms with Crippen LogP contribution in [0.3, 0.4) is 0 Å². The van der Waals surface area contributed by atoms with Crippen molar-refractivity contribution in [3.63, 3.8) is 0 Å². The Kier molecular flexibility index (Phi) is 9.48. The summed E-state index contributed by atoms with van der Waals surface area (Å²) in [5.74, 6) is 0.319. The van der Waals surface area contributed by atoms with E-state index < -0.39 is 0 Å². The zero-order chi connectivity index (χ0) is 21.7. The molecular formula is C25H35N5O. The van der Waals surface area contributed by atoms with E-state index in [9.17, 15) is 4.79 Å². The molecule has 1 fully saturated rings. The van der Waals surface area contributed by atoms with Gasteiger partial charge in [0.05, 0.1) is 11.9 Å². The van der Waals surface area contributed by atoms with Crippen molar-refractivity contribution < 1.29 is 4.79 Å². The lowest BCUT2D eigenvalue weighted by molar-refractivity contribution is -0.131. The molecule has 0 spiro atoms. The van der Waals surface area contributed by atoms with Crippen molar-refractivity contribution in [2.75, 3.05) is 31.1 Å². The summed E-state index contributed by atoms with van der Waals surface area (Å²) in [4.78, 5) is 20.9. The summed E-state index contributed by atoms with van der Waals surface area (Å²) in [7, 11) is 0. The van der Waals surface area contributed by atoms with Crippen molar-refractivity contribution >= 4 is 23.0 Å². The summed E-state index contributed by atoms with van der Waals surface area (Å²) in [5.41, 5.74) is 2.72. The van der Waals surface area contributed by atoms with Crippen molar-refractivity contribution in [1.29, 1.82) is 0 Å². The van der Waals surface area contributed by atoms with E-state index in [0.717, 1.165) is 44.0 Å². The third-order valence-electron chi connectivity index (χ3n) is 5.77. The average Bonchev–Trinajstić information content (AvgIpc) is 2.83. The quantitative estimate of drug-likeness (QED) is 0.316. The highest BCUT2D eigenvalue weighted by molar-refractivity contribution is 5.76. The highest BCUT2D eigenvalue weighted by Crippen LogP contribution is 2.23. The highest BCUT2D eigenvalue weighted by Gasteiger charge is 2.20. The molecule has 0 saturated carbocycles. The number of anilines is 1. The molecule has 0 bridgehead atoms. The van der Waals surface area contributed by atoms with Crippen LogP contribution < -0.4 is 4.90 Å². The van der Waals surface area contributed by atoms with Gasteiger partial charge in [-0.2, -0.15) is 5.11 Å². The minimum atomic E-state index is 0.319. The molecule has 0 unspecified atom stereocenters. The lowest BCUT2D eigenvalue weighted by Gasteiger charge is -2.36. The third-order valence-corrected chi connectivity index (χ3v) is 5.77. The van der Waals surface area contributed by atoms with Crippen LogP contribution in [0.5, 0.6) is 0 Å². The summed E-state index contributed by atoms with van der Waals surface area (Å²) in [6.07, 6.45) is 12.8. The van der Waals surface area contributed by atoms with Crippen LogP contribution in [0.25, 0.3) is 0 Å². The monoisotopic (exact) mass is 421 g/mol. The third kappa shape index (κ3) is 7.78. The number of pyridine rings is 1. The van der Waals surface area contributed by atoms with Crippen molar-refractivity contribution in [2.45, 2.75) is 58.3 Å². The van der Waals surface area contributed by atoms with E-state index >= 15 is 0 Å². The van der Waals surface area contributed by atoms with Crippen LogP contribution in [-0.2, 0) is 4.79 Å². The molecule has 0 radical (unpaired) electrons. The summed E-state index contributed by atoms with van der Waals surface area (Å²) in [6, 6.07) is 11.8. The van der Waals surface area contributed by atoms with Crippen LogP contribution in [0, 0.1) is 0 Å². The van der Waals surface area contributed by atoms with Crippen LogP contribution >= 0.6 is 0 Å². The Morgan fingerprint density at radius 2 is 1.55 bits per heavy atom. The molecule has 6 heteroatoms. The molecule has 31 heavy (non-hydrogen) atoms. The van der Waals surface area contributed by atoms with Crippen molar-refractivity contribution in [3.8, 4) is 0 Å². The first-order valence-corrected chi connectivity index (χ1v) is 11.7. The van der Waals surface area contributed by atoms with Crippen LogP contribution in [0.2, 0.25) is 0 Å². The zero-order valence-corrected chi connectivity index (χ0v) is 18.7.